The zero-order valence-electron chi connectivity index (χ0n) is 6.55. The molecule has 0 spiro atoms. The summed E-state index contributed by atoms with van der Waals surface area (Å²) in [6, 6.07) is 7.71. The van der Waals surface area contributed by atoms with Gasteiger partial charge in [0, 0.05) is 17.1 Å². The van der Waals surface area contributed by atoms with Gasteiger partial charge in [-0.15, -0.1) is 0 Å². The Bertz CT molecular complexity index is 320. The van der Waals surface area contributed by atoms with Crippen LogP contribution < -0.4 is 5.32 Å². The minimum atomic E-state index is 0.754. The van der Waals surface area contributed by atoms with E-state index in [0.717, 1.165) is 29.5 Å². The predicted octanol–water partition coefficient (Wildman–Crippen LogP) is 1.69. The Hall–Kier alpha value is -1.02. The molecule has 0 atom stereocenters. The number of halogens is 1. The van der Waals surface area contributed by atoms with Crippen molar-refractivity contribution in [2.24, 2.45) is 4.99 Å². The molecule has 0 bridgehead atoms. The van der Waals surface area contributed by atoms with Gasteiger partial charge in [-0.1, -0.05) is 23.7 Å². The van der Waals surface area contributed by atoms with Crippen LogP contribution in [0.1, 0.15) is 5.56 Å². The lowest BCUT2D eigenvalue weighted by Gasteiger charge is -2.01. The number of nitrogens with zero attached hydrogens (tertiary/aromatic N) is 1. The van der Waals surface area contributed by atoms with Gasteiger partial charge < -0.3 is 5.32 Å². The Morgan fingerprint density at radius 1 is 1.42 bits per heavy atom. The number of benzene rings is 1. The molecule has 0 radical (unpaired) electrons. The Morgan fingerprint density at radius 3 is 3.00 bits per heavy atom. The fraction of sp³-hybridized carbons (Fsp3) is 0.222. The lowest BCUT2D eigenvalue weighted by atomic mass is 10.2. The average Bonchev–Trinajstić information content (AvgIpc) is 2.56. The second-order valence-corrected chi connectivity index (χ2v) is 3.10. The van der Waals surface area contributed by atoms with Crippen molar-refractivity contribution in [1.29, 1.82) is 0 Å². The highest BCUT2D eigenvalue weighted by molar-refractivity contribution is 6.31. The van der Waals surface area contributed by atoms with Gasteiger partial charge in [-0.05, 0) is 12.1 Å². The molecule has 1 aliphatic heterocycles. The van der Waals surface area contributed by atoms with E-state index < -0.39 is 0 Å². The van der Waals surface area contributed by atoms with E-state index in [0.29, 0.717) is 0 Å². The van der Waals surface area contributed by atoms with Crippen LogP contribution in [0.3, 0.4) is 0 Å². The van der Waals surface area contributed by atoms with E-state index in [9.17, 15) is 0 Å². The molecule has 1 aromatic rings. The SMILES string of the molecule is Clc1cccc(C2=NCCN2)c1. The molecule has 2 rings (SSSR count). The van der Waals surface area contributed by atoms with E-state index in [2.05, 4.69) is 10.3 Å². The molecule has 0 saturated heterocycles. The molecule has 0 aromatic heterocycles. The van der Waals surface area contributed by atoms with Crippen molar-refractivity contribution in [3.63, 3.8) is 0 Å². The van der Waals surface area contributed by atoms with E-state index in [1.54, 1.807) is 0 Å². The third-order valence-corrected chi connectivity index (χ3v) is 2.01. The summed E-state index contributed by atoms with van der Waals surface area (Å²) in [6.45, 7) is 1.80. The summed E-state index contributed by atoms with van der Waals surface area (Å²) in [5.74, 6) is 0.956. The topological polar surface area (TPSA) is 24.4 Å². The highest BCUT2D eigenvalue weighted by Crippen LogP contribution is 2.11. The van der Waals surface area contributed by atoms with Gasteiger partial charge in [0.05, 0.1) is 6.54 Å². The normalized spacial score (nSPS) is 15.6. The lowest BCUT2D eigenvalue weighted by Crippen LogP contribution is -2.19. The summed E-state index contributed by atoms with van der Waals surface area (Å²) in [7, 11) is 0. The van der Waals surface area contributed by atoms with E-state index in [4.69, 9.17) is 11.6 Å². The van der Waals surface area contributed by atoms with Gasteiger partial charge in [0.25, 0.3) is 0 Å². The Kier molecular flexibility index (Phi) is 2.00. The molecule has 1 heterocycles. The molecule has 3 heteroatoms. The van der Waals surface area contributed by atoms with Crippen molar-refractivity contribution in [3.8, 4) is 0 Å². The van der Waals surface area contributed by atoms with Gasteiger partial charge >= 0.3 is 0 Å². The molecular formula is C9H9ClN2. The number of amidine groups is 1. The van der Waals surface area contributed by atoms with E-state index in [-0.39, 0.29) is 0 Å². The highest BCUT2D eigenvalue weighted by atomic mass is 35.5. The number of hydrogen-bond acceptors (Lipinski definition) is 2. The maximum absolute atomic E-state index is 5.84. The predicted molar refractivity (Wildman–Crippen MR) is 50.9 cm³/mol. The molecule has 1 N–H and O–H groups in total. The van der Waals surface area contributed by atoms with Gasteiger partial charge in [-0.3, -0.25) is 4.99 Å². The van der Waals surface area contributed by atoms with Gasteiger partial charge in [0.2, 0.25) is 0 Å². The fourth-order valence-electron chi connectivity index (χ4n) is 1.23. The molecule has 1 aromatic carbocycles. The van der Waals surface area contributed by atoms with Gasteiger partial charge in [0.1, 0.15) is 5.84 Å². The second kappa shape index (κ2) is 3.15. The Labute approximate surface area is 76.3 Å². The molecular weight excluding hydrogens is 172 g/mol. The van der Waals surface area contributed by atoms with E-state index in [1.165, 1.54) is 0 Å². The molecule has 1 aliphatic rings. The van der Waals surface area contributed by atoms with Crippen LogP contribution in [0.15, 0.2) is 29.3 Å². The maximum Gasteiger partial charge on any atom is 0.128 e. The first kappa shape index (κ1) is 7.62. The number of hydrogen-bond donors (Lipinski definition) is 1. The van der Waals surface area contributed by atoms with E-state index >= 15 is 0 Å². The van der Waals surface area contributed by atoms with Crippen LogP contribution in [0.2, 0.25) is 5.02 Å². The molecule has 0 saturated carbocycles. The van der Waals surface area contributed by atoms with Crippen molar-refractivity contribution < 1.29 is 0 Å². The number of aliphatic imine (C=N–C) groups is 1. The third kappa shape index (κ3) is 1.43. The van der Waals surface area contributed by atoms with Crippen molar-refractivity contribution in [1.82, 2.24) is 5.32 Å². The van der Waals surface area contributed by atoms with Crippen molar-refractivity contribution in [2.75, 3.05) is 13.1 Å². The summed E-state index contributed by atoms with van der Waals surface area (Å²) in [5.41, 5.74) is 1.07. The molecule has 0 fully saturated rings. The molecule has 0 aliphatic carbocycles. The van der Waals surface area contributed by atoms with Crippen LogP contribution in [-0.4, -0.2) is 18.9 Å². The molecule has 62 valence electrons. The molecule has 2 nitrogen and oxygen atoms in total. The first-order chi connectivity index (χ1) is 5.86. The van der Waals surface area contributed by atoms with Crippen molar-refractivity contribution in [2.45, 2.75) is 0 Å². The number of nitrogens with one attached hydrogen (secondary N) is 1. The van der Waals surface area contributed by atoms with Crippen LogP contribution in [0.25, 0.3) is 0 Å². The second-order valence-electron chi connectivity index (χ2n) is 2.67. The summed E-state index contributed by atoms with van der Waals surface area (Å²) >= 11 is 5.84. The summed E-state index contributed by atoms with van der Waals surface area (Å²) in [5, 5.41) is 3.95. The van der Waals surface area contributed by atoms with Crippen LogP contribution >= 0.6 is 11.6 Å². The van der Waals surface area contributed by atoms with Crippen LogP contribution in [0.5, 0.6) is 0 Å². The van der Waals surface area contributed by atoms with Crippen LogP contribution in [0.4, 0.5) is 0 Å². The maximum atomic E-state index is 5.84. The largest absolute Gasteiger partial charge is 0.368 e. The lowest BCUT2D eigenvalue weighted by molar-refractivity contribution is 0.960. The monoisotopic (exact) mass is 180 g/mol. The average molecular weight is 181 g/mol. The Balaban J connectivity index is 2.33. The van der Waals surface area contributed by atoms with Crippen LogP contribution in [0, 0.1) is 0 Å². The third-order valence-electron chi connectivity index (χ3n) is 1.77. The van der Waals surface area contributed by atoms with Gasteiger partial charge in [-0.2, -0.15) is 0 Å². The standard InChI is InChI=1S/C9H9ClN2/c10-8-3-1-2-7(6-8)9-11-4-5-12-9/h1-3,6H,4-5H2,(H,11,12). The fourth-order valence-corrected chi connectivity index (χ4v) is 1.42. The molecule has 12 heavy (non-hydrogen) atoms. The summed E-state index contributed by atoms with van der Waals surface area (Å²) in [4.78, 5) is 4.29. The minimum absolute atomic E-state index is 0.754. The summed E-state index contributed by atoms with van der Waals surface area (Å²) in [6.07, 6.45) is 0. The minimum Gasteiger partial charge on any atom is -0.368 e. The zero-order chi connectivity index (χ0) is 8.39. The quantitative estimate of drug-likeness (QED) is 0.699. The number of rotatable bonds is 1. The van der Waals surface area contributed by atoms with Gasteiger partial charge in [-0.25, -0.2) is 0 Å². The van der Waals surface area contributed by atoms with Crippen molar-refractivity contribution in [3.05, 3.63) is 34.9 Å². The van der Waals surface area contributed by atoms with E-state index in [1.807, 2.05) is 24.3 Å². The Morgan fingerprint density at radius 2 is 2.33 bits per heavy atom. The van der Waals surface area contributed by atoms with Crippen molar-refractivity contribution >= 4 is 17.4 Å². The highest BCUT2D eigenvalue weighted by Gasteiger charge is 2.06. The first-order valence-corrected chi connectivity index (χ1v) is 4.28. The van der Waals surface area contributed by atoms with Gasteiger partial charge in [0.15, 0.2) is 0 Å². The smallest absolute Gasteiger partial charge is 0.128 e. The first-order valence-electron chi connectivity index (χ1n) is 3.90. The molecule has 0 unspecified atom stereocenters. The zero-order valence-corrected chi connectivity index (χ0v) is 7.30. The summed E-state index contributed by atoms with van der Waals surface area (Å²) < 4.78 is 0. The molecule has 0 amide bonds. The van der Waals surface area contributed by atoms with Crippen LogP contribution in [-0.2, 0) is 0 Å².